The van der Waals surface area contributed by atoms with Crippen molar-refractivity contribution >= 4 is 17.2 Å². The Morgan fingerprint density at radius 2 is 1.95 bits per heavy atom. The van der Waals surface area contributed by atoms with Gasteiger partial charge in [0.1, 0.15) is 0 Å². The smallest absolute Gasteiger partial charge is 0.301 e. The van der Waals surface area contributed by atoms with Gasteiger partial charge >= 0.3 is 5.69 Å². The standard InChI is InChI=1S/C11H11N5O3/c1-6-3-2-4-7(5-6)14-15-8-9(16-19)12-11(18)13-10(8)17/h2-5,14-15H,1H3,(H2,12,13,17,18). The molecule has 0 fully saturated rings. The number of hydrazine groups is 1. The van der Waals surface area contributed by atoms with Gasteiger partial charge in [0.15, 0.2) is 5.69 Å². The van der Waals surface area contributed by atoms with Crippen LogP contribution in [0.25, 0.3) is 0 Å². The van der Waals surface area contributed by atoms with Crippen molar-refractivity contribution < 1.29 is 0 Å². The molecule has 0 radical (unpaired) electrons. The van der Waals surface area contributed by atoms with Crippen molar-refractivity contribution in [1.29, 1.82) is 0 Å². The first-order valence-corrected chi connectivity index (χ1v) is 5.39. The molecular formula is C11H11N5O3. The molecule has 0 aliphatic carbocycles. The van der Waals surface area contributed by atoms with Crippen molar-refractivity contribution in [3.8, 4) is 0 Å². The van der Waals surface area contributed by atoms with Gasteiger partial charge in [-0.1, -0.05) is 12.1 Å². The zero-order chi connectivity index (χ0) is 13.8. The Balaban J connectivity index is 2.27. The molecule has 2 rings (SSSR count). The maximum Gasteiger partial charge on any atom is 0.327 e. The van der Waals surface area contributed by atoms with Crippen molar-refractivity contribution in [2.75, 3.05) is 10.9 Å². The van der Waals surface area contributed by atoms with E-state index in [0.29, 0.717) is 5.69 Å². The van der Waals surface area contributed by atoms with Crippen LogP contribution in [0, 0.1) is 11.8 Å². The maximum atomic E-state index is 11.5. The summed E-state index contributed by atoms with van der Waals surface area (Å²) < 4.78 is 0. The molecule has 0 amide bonds. The minimum Gasteiger partial charge on any atom is -0.301 e. The predicted octanol–water partition coefficient (Wildman–Crippen LogP) is 1.21. The Labute approximate surface area is 106 Å². The quantitative estimate of drug-likeness (QED) is 0.487. The third-order valence-electron chi connectivity index (χ3n) is 2.36. The van der Waals surface area contributed by atoms with Crippen LogP contribution in [-0.2, 0) is 0 Å². The molecule has 1 heterocycles. The molecule has 0 spiro atoms. The summed E-state index contributed by atoms with van der Waals surface area (Å²) in [6, 6.07) is 7.35. The van der Waals surface area contributed by atoms with Crippen molar-refractivity contribution in [1.82, 2.24) is 9.97 Å². The molecule has 8 nitrogen and oxygen atoms in total. The molecule has 0 atom stereocenters. The molecule has 0 saturated heterocycles. The second-order valence-electron chi connectivity index (χ2n) is 3.84. The van der Waals surface area contributed by atoms with Gasteiger partial charge in [-0.25, -0.2) is 4.79 Å². The monoisotopic (exact) mass is 261 g/mol. The number of nitroso groups, excluding NO2 is 1. The number of aryl methyl sites for hydroxylation is 1. The van der Waals surface area contributed by atoms with Gasteiger partial charge in [0, 0.05) is 0 Å². The molecule has 98 valence electrons. The molecule has 4 N–H and O–H groups in total. The van der Waals surface area contributed by atoms with E-state index in [0.717, 1.165) is 5.56 Å². The predicted molar refractivity (Wildman–Crippen MR) is 71.6 cm³/mol. The number of nitrogens with one attached hydrogen (secondary N) is 4. The van der Waals surface area contributed by atoms with Gasteiger partial charge in [-0.05, 0) is 29.8 Å². The molecule has 2 aromatic rings. The molecule has 1 aromatic carbocycles. The van der Waals surface area contributed by atoms with Crippen molar-refractivity contribution in [3.63, 3.8) is 0 Å². The Kier molecular flexibility index (Phi) is 3.42. The Morgan fingerprint density at radius 3 is 2.63 bits per heavy atom. The molecule has 19 heavy (non-hydrogen) atoms. The van der Waals surface area contributed by atoms with Gasteiger partial charge in [0.2, 0.25) is 5.82 Å². The lowest BCUT2D eigenvalue weighted by molar-refractivity contribution is 1.03. The highest BCUT2D eigenvalue weighted by molar-refractivity contribution is 5.62. The van der Waals surface area contributed by atoms with Gasteiger partial charge in [0.05, 0.1) is 5.69 Å². The number of rotatable bonds is 4. The fourth-order valence-electron chi connectivity index (χ4n) is 1.52. The Hall–Kier alpha value is -2.90. The molecule has 0 saturated carbocycles. The zero-order valence-electron chi connectivity index (χ0n) is 9.98. The van der Waals surface area contributed by atoms with Gasteiger partial charge in [-0.2, -0.15) is 0 Å². The summed E-state index contributed by atoms with van der Waals surface area (Å²) in [7, 11) is 0. The molecule has 8 heteroatoms. The van der Waals surface area contributed by atoms with Crippen LogP contribution in [0.5, 0.6) is 0 Å². The number of hydrogen-bond donors (Lipinski definition) is 4. The van der Waals surface area contributed by atoms with E-state index in [1.54, 1.807) is 6.07 Å². The summed E-state index contributed by atoms with van der Waals surface area (Å²) in [6.45, 7) is 1.91. The number of nitrogens with zero attached hydrogens (tertiary/aromatic N) is 1. The third-order valence-corrected chi connectivity index (χ3v) is 2.36. The molecular weight excluding hydrogens is 250 g/mol. The number of aromatic nitrogens is 2. The van der Waals surface area contributed by atoms with Crippen LogP contribution in [0.15, 0.2) is 39.0 Å². The fraction of sp³-hybridized carbons (Fsp3) is 0.0909. The lowest BCUT2D eigenvalue weighted by Crippen LogP contribution is -2.26. The first-order valence-electron chi connectivity index (χ1n) is 5.39. The van der Waals surface area contributed by atoms with Crippen LogP contribution < -0.4 is 22.1 Å². The van der Waals surface area contributed by atoms with Gasteiger partial charge in [-0.3, -0.25) is 20.2 Å². The number of aromatic amines is 2. The van der Waals surface area contributed by atoms with E-state index in [4.69, 9.17) is 0 Å². The summed E-state index contributed by atoms with van der Waals surface area (Å²) in [5.41, 5.74) is 5.33. The van der Waals surface area contributed by atoms with Crippen LogP contribution in [0.3, 0.4) is 0 Å². The number of H-pyrrole nitrogens is 2. The number of anilines is 2. The van der Waals surface area contributed by atoms with Crippen LogP contribution in [0.2, 0.25) is 0 Å². The van der Waals surface area contributed by atoms with Gasteiger partial charge < -0.3 is 5.43 Å². The van der Waals surface area contributed by atoms with Gasteiger partial charge in [0.25, 0.3) is 5.56 Å². The van der Waals surface area contributed by atoms with E-state index in [9.17, 15) is 14.5 Å². The first-order chi connectivity index (χ1) is 9.10. The minimum atomic E-state index is -0.791. The lowest BCUT2D eigenvalue weighted by atomic mass is 10.2. The molecule has 0 aliphatic rings. The van der Waals surface area contributed by atoms with E-state index in [-0.39, 0.29) is 11.5 Å². The highest BCUT2D eigenvalue weighted by atomic mass is 16.3. The summed E-state index contributed by atoms with van der Waals surface area (Å²) >= 11 is 0. The summed E-state index contributed by atoms with van der Waals surface area (Å²) in [5.74, 6) is -0.367. The number of hydrogen-bond acceptors (Lipinski definition) is 6. The number of benzene rings is 1. The summed E-state index contributed by atoms with van der Waals surface area (Å²) in [4.78, 5) is 37.2. The van der Waals surface area contributed by atoms with Crippen LogP contribution >= 0.6 is 0 Å². The van der Waals surface area contributed by atoms with E-state index in [1.165, 1.54) is 0 Å². The maximum absolute atomic E-state index is 11.5. The van der Waals surface area contributed by atoms with Crippen molar-refractivity contribution in [3.05, 3.63) is 55.6 Å². The molecule has 0 bridgehead atoms. The van der Waals surface area contributed by atoms with E-state index >= 15 is 0 Å². The van der Waals surface area contributed by atoms with Crippen molar-refractivity contribution in [2.45, 2.75) is 6.92 Å². The second-order valence-corrected chi connectivity index (χ2v) is 3.84. The summed E-state index contributed by atoms with van der Waals surface area (Å²) in [5, 5.41) is 2.59. The average Bonchev–Trinajstić information content (AvgIpc) is 2.37. The molecule has 1 aromatic heterocycles. The third kappa shape index (κ3) is 2.86. The van der Waals surface area contributed by atoms with Crippen LogP contribution in [-0.4, -0.2) is 9.97 Å². The Bertz CT molecular complexity index is 719. The SMILES string of the molecule is Cc1cccc(NNc2c(N=O)[nH]c(=O)[nH]c2=O)c1. The molecule has 0 unspecified atom stereocenters. The minimum absolute atomic E-state index is 0.156. The first kappa shape index (κ1) is 12.6. The fourth-order valence-corrected chi connectivity index (χ4v) is 1.52. The van der Waals surface area contributed by atoms with Crippen LogP contribution in [0.4, 0.5) is 17.2 Å². The Morgan fingerprint density at radius 1 is 1.16 bits per heavy atom. The van der Waals surface area contributed by atoms with E-state index in [2.05, 4.69) is 21.0 Å². The largest absolute Gasteiger partial charge is 0.327 e. The zero-order valence-corrected chi connectivity index (χ0v) is 9.98. The summed E-state index contributed by atoms with van der Waals surface area (Å²) in [6.07, 6.45) is 0. The topological polar surface area (TPSA) is 119 Å². The lowest BCUT2D eigenvalue weighted by Gasteiger charge is -2.09. The molecule has 0 aliphatic heterocycles. The normalized spacial score (nSPS) is 9.95. The van der Waals surface area contributed by atoms with Gasteiger partial charge in [-0.15, -0.1) is 4.91 Å². The highest BCUT2D eigenvalue weighted by Gasteiger charge is 2.09. The van der Waals surface area contributed by atoms with Crippen LogP contribution in [0.1, 0.15) is 5.56 Å². The average molecular weight is 261 g/mol. The van der Waals surface area contributed by atoms with E-state index < -0.39 is 11.2 Å². The van der Waals surface area contributed by atoms with Crippen molar-refractivity contribution in [2.24, 2.45) is 5.18 Å². The second kappa shape index (κ2) is 5.17. The highest BCUT2D eigenvalue weighted by Crippen LogP contribution is 2.15. The van der Waals surface area contributed by atoms with E-state index in [1.807, 2.05) is 30.1 Å².